The Hall–Kier alpha value is -1.77. The molecule has 1 aromatic heterocycles. The highest BCUT2D eigenvalue weighted by Crippen LogP contribution is 2.29. The SMILES string of the molecule is O=S(=O)(NCc1ccccc1)N1CCC(c2nnc3n2CCCCC3)CC1. The van der Waals surface area contributed by atoms with Crippen LogP contribution in [0.1, 0.15) is 55.2 Å². The van der Waals surface area contributed by atoms with Gasteiger partial charge in [0.2, 0.25) is 0 Å². The van der Waals surface area contributed by atoms with Crippen LogP contribution >= 0.6 is 0 Å². The lowest BCUT2D eigenvalue weighted by molar-refractivity contribution is 0.305. The van der Waals surface area contributed by atoms with Crippen molar-refractivity contribution in [3.05, 3.63) is 47.5 Å². The van der Waals surface area contributed by atoms with Crippen LogP contribution in [0.4, 0.5) is 0 Å². The Bertz CT molecular complexity index is 857. The first-order chi connectivity index (χ1) is 13.1. The van der Waals surface area contributed by atoms with Gasteiger partial charge in [-0.25, -0.2) is 0 Å². The van der Waals surface area contributed by atoms with E-state index in [2.05, 4.69) is 19.5 Å². The lowest BCUT2D eigenvalue weighted by Crippen LogP contribution is -2.44. The minimum Gasteiger partial charge on any atom is -0.315 e. The van der Waals surface area contributed by atoms with E-state index in [1.165, 1.54) is 19.3 Å². The number of hydrogen-bond acceptors (Lipinski definition) is 4. The van der Waals surface area contributed by atoms with Crippen molar-refractivity contribution in [3.8, 4) is 0 Å². The van der Waals surface area contributed by atoms with Crippen LogP contribution in [0.2, 0.25) is 0 Å². The Morgan fingerprint density at radius 3 is 2.56 bits per heavy atom. The third-order valence-corrected chi connectivity index (χ3v) is 7.15. The van der Waals surface area contributed by atoms with E-state index in [0.29, 0.717) is 25.6 Å². The maximum atomic E-state index is 12.6. The van der Waals surface area contributed by atoms with E-state index in [4.69, 9.17) is 0 Å². The molecular formula is C19H27N5O2S. The lowest BCUT2D eigenvalue weighted by atomic mass is 9.97. The van der Waals surface area contributed by atoms with Gasteiger partial charge in [0.1, 0.15) is 11.6 Å². The second-order valence-corrected chi connectivity index (χ2v) is 9.18. The highest BCUT2D eigenvalue weighted by atomic mass is 32.2. The van der Waals surface area contributed by atoms with Crippen molar-refractivity contribution in [2.45, 2.75) is 57.5 Å². The number of rotatable bonds is 5. The van der Waals surface area contributed by atoms with Gasteiger partial charge in [-0.1, -0.05) is 36.8 Å². The number of aryl methyl sites for hydroxylation is 1. The quantitative estimate of drug-likeness (QED) is 0.850. The Kier molecular flexibility index (Phi) is 5.56. The van der Waals surface area contributed by atoms with Crippen molar-refractivity contribution < 1.29 is 8.42 Å². The first kappa shape index (κ1) is 18.6. The van der Waals surface area contributed by atoms with Crippen LogP contribution in [0.3, 0.4) is 0 Å². The zero-order valence-corrected chi connectivity index (χ0v) is 16.4. The molecule has 0 aliphatic carbocycles. The van der Waals surface area contributed by atoms with Gasteiger partial charge in [0.25, 0.3) is 10.2 Å². The molecule has 1 N–H and O–H groups in total. The second-order valence-electron chi connectivity index (χ2n) is 7.42. The summed E-state index contributed by atoms with van der Waals surface area (Å²) in [7, 11) is -3.46. The normalized spacial score (nSPS) is 19.6. The molecule has 1 fully saturated rings. The number of nitrogens with one attached hydrogen (secondary N) is 1. The Morgan fingerprint density at radius 2 is 1.78 bits per heavy atom. The fourth-order valence-corrected chi connectivity index (χ4v) is 5.25. The molecule has 2 aliphatic rings. The van der Waals surface area contributed by atoms with E-state index in [1.807, 2.05) is 30.3 Å². The van der Waals surface area contributed by atoms with Gasteiger partial charge in [0.15, 0.2) is 0 Å². The fraction of sp³-hybridized carbons (Fsp3) is 0.579. The van der Waals surface area contributed by atoms with Crippen molar-refractivity contribution in [2.24, 2.45) is 0 Å². The summed E-state index contributed by atoms with van der Waals surface area (Å²) >= 11 is 0. The van der Waals surface area contributed by atoms with Crippen LogP contribution in [0.25, 0.3) is 0 Å². The number of piperidine rings is 1. The number of fused-ring (bicyclic) bond motifs is 1. The smallest absolute Gasteiger partial charge is 0.279 e. The molecule has 0 unspecified atom stereocenters. The Labute approximate surface area is 161 Å². The summed E-state index contributed by atoms with van der Waals surface area (Å²) in [6.45, 7) is 2.36. The first-order valence-corrected chi connectivity index (χ1v) is 11.3. The molecule has 0 atom stereocenters. The summed E-state index contributed by atoms with van der Waals surface area (Å²) < 4.78 is 31.8. The zero-order valence-electron chi connectivity index (χ0n) is 15.5. The van der Waals surface area contributed by atoms with Gasteiger partial charge in [-0.3, -0.25) is 0 Å². The molecule has 1 aromatic carbocycles. The maximum absolute atomic E-state index is 12.6. The predicted molar refractivity (Wildman–Crippen MR) is 103 cm³/mol. The van der Waals surface area contributed by atoms with Crippen LogP contribution < -0.4 is 4.72 Å². The second kappa shape index (κ2) is 8.08. The van der Waals surface area contributed by atoms with Crippen molar-refractivity contribution >= 4 is 10.2 Å². The van der Waals surface area contributed by atoms with Crippen molar-refractivity contribution in [1.29, 1.82) is 0 Å². The summed E-state index contributed by atoms with van der Waals surface area (Å²) in [6.07, 6.45) is 6.20. The molecule has 2 aliphatic heterocycles. The standard InChI is InChI=1S/C19H27N5O2S/c25-27(26,20-15-16-7-3-1-4-8-16)23-13-10-17(11-14-23)19-22-21-18-9-5-2-6-12-24(18)19/h1,3-4,7-8,17,20H,2,5-6,9-15H2. The molecule has 3 heterocycles. The molecule has 0 amide bonds. The van der Waals surface area contributed by atoms with Gasteiger partial charge < -0.3 is 4.57 Å². The van der Waals surface area contributed by atoms with Gasteiger partial charge in [-0.05, 0) is 31.2 Å². The summed E-state index contributed by atoms with van der Waals surface area (Å²) in [6, 6.07) is 9.60. The summed E-state index contributed by atoms with van der Waals surface area (Å²) in [5.41, 5.74) is 0.960. The van der Waals surface area contributed by atoms with E-state index in [1.54, 1.807) is 4.31 Å². The molecule has 2 aromatic rings. The molecule has 7 nitrogen and oxygen atoms in total. The van der Waals surface area contributed by atoms with E-state index < -0.39 is 10.2 Å². The van der Waals surface area contributed by atoms with Crippen molar-refractivity contribution in [3.63, 3.8) is 0 Å². The van der Waals surface area contributed by atoms with E-state index in [9.17, 15) is 8.42 Å². The summed E-state index contributed by atoms with van der Waals surface area (Å²) in [5, 5.41) is 8.85. The van der Waals surface area contributed by atoms with E-state index in [0.717, 1.165) is 43.0 Å². The van der Waals surface area contributed by atoms with Crippen molar-refractivity contribution in [1.82, 2.24) is 23.8 Å². The number of benzene rings is 1. The van der Waals surface area contributed by atoms with Crippen molar-refractivity contribution in [2.75, 3.05) is 13.1 Å². The van der Waals surface area contributed by atoms with Crippen LogP contribution in [0, 0.1) is 0 Å². The average molecular weight is 390 g/mol. The number of aromatic nitrogens is 3. The van der Waals surface area contributed by atoms with Crippen LogP contribution in [0.5, 0.6) is 0 Å². The van der Waals surface area contributed by atoms with E-state index >= 15 is 0 Å². The molecule has 8 heteroatoms. The third kappa shape index (κ3) is 4.23. The molecule has 27 heavy (non-hydrogen) atoms. The fourth-order valence-electron chi connectivity index (χ4n) is 4.03. The number of hydrogen-bond donors (Lipinski definition) is 1. The first-order valence-electron chi connectivity index (χ1n) is 9.84. The van der Waals surface area contributed by atoms with Gasteiger partial charge in [-0.15, -0.1) is 10.2 Å². The van der Waals surface area contributed by atoms with E-state index in [-0.39, 0.29) is 0 Å². The third-order valence-electron chi connectivity index (χ3n) is 5.60. The largest absolute Gasteiger partial charge is 0.315 e. The minimum atomic E-state index is -3.46. The lowest BCUT2D eigenvalue weighted by Gasteiger charge is -2.31. The maximum Gasteiger partial charge on any atom is 0.279 e. The number of nitrogens with zero attached hydrogens (tertiary/aromatic N) is 4. The molecular weight excluding hydrogens is 362 g/mol. The molecule has 4 rings (SSSR count). The summed E-state index contributed by atoms with van der Waals surface area (Å²) in [4.78, 5) is 0. The monoisotopic (exact) mass is 389 g/mol. The van der Waals surface area contributed by atoms with Gasteiger partial charge in [0, 0.05) is 38.5 Å². The molecule has 1 saturated heterocycles. The minimum absolute atomic E-state index is 0.296. The zero-order chi connectivity index (χ0) is 18.7. The van der Waals surface area contributed by atoms with Gasteiger partial charge >= 0.3 is 0 Å². The van der Waals surface area contributed by atoms with Crippen LogP contribution in [-0.4, -0.2) is 40.6 Å². The summed E-state index contributed by atoms with van der Waals surface area (Å²) in [5.74, 6) is 2.45. The Morgan fingerprint density at radius 1 is 1.00 bits per heavy atom. The molecule has 0 saturated carbocycles. The molecule has 0 spiro atoms. The van der Waals surface area contributed by atoms with Gasteiger partial charge in [-0.2, -0.15) is 17.4 Å². The highest BCUT2D eigenvalue weighted by molar-refractivity contribution is 7.87. The Balaban J connectivity index is 1.36. The average Bonchev–Trinajstić information content (AvgIpc) is 2.95. The van der Waals surface area contributed by atoms with Crippen LogP contribution in [0.15, 0.2) is 30.3 Å². The predicted octanol–water partition coefficient (Wildman–Crippen LogP) is 2.22. The molecule has 146 valence electrons. The van der Waals surface area contributed by atoms with Gasteiger partial charge in [0.05, 0.1) is 0 Å². The topological polar surface area (TPSA) is 80.1 Å². The molecule has 0 radical (unpaired) electrons. The highest BCUT2D eigenvalue weighted by Gasteiger charge is 2.31. The van der Waals surface area contributed by atoms with Crippen LogP contribution in [-0.2, 0) is 29.7 Å². The molecule has 0 bridgehead atoms.